The van der Waals surface area contributed by atoms with Gasteiger partial charge in [-0.1, -0.05) is 103 Å². The van der Waals surface area contributed by atoms with Gasteiger partial charge >= 0.3 is 0 Å². The van der Waals surface area contributed by atoms with Crippen molar-refractivity contribution in [2.24, 2.45) is 0 Å². The van der Waals surface area contributed by atoms with Gasteiger partial charge in [0.05, 0.1) is 0 Å². The van der Waals surface area contributed by atoms with E-state index < -0.39 is 8.24 Å². The van der Waals surface area contributed by atoms with E-state index in [1.54, 1.807) is 0 Å². The lowest BCUT2D eigenvalue weighted by atomic mass is 10.0. The van der Waals surface area contributed by atoms with Crippen molar-refractivity contribution in [1.82, 2.24) is 0 Å². The topological polar surface area (TPSA) is 12.0 Å². The van der Waals surface area contributed by atoms with Crippen LogP contribution in [0.5, 0.6) is 0 Å². The average molecular weight is 396 g/mol. The van der Waals surface area contributed by atoms with Crippen molar-refractivity contribution in [3.05, 3.63) is 114 Å². The van der Waals surface area contributed by atoms with Crippen LogP contribution in [0.2, 0.25) is 5.04 Å². The van der Waals surface area contributed by atoms with Crippen LogP contribution < -0.4 is 15.4 Å². The summed E-state index contributed by atoms with van der Waals surface area (Å²) in [6, 6.07) is 32.8. The smallest absolute Gasteiger partial charge is 0.232 e. The van der Waals surface area contributed by atoms with Crippen LogP contribution in [-0.4, -0.2) is 8.24 Å². The predicted molar refractivity (Wildman–Crippen MR) is 128 cm³/mol. The van der Waals surface area contributed by atoms with E-state index in [1.807, 2.05) is 0 Å². The lowest BCUT2D eigenvalue weighted by Gasteiger charge is -2.47. The minimum Gasteiger partial charge on any atom is -0.403 e. The molecule has 1 aliphatic rings. The standard InChI is InChI=1S/C27H29NSi/c1-21-20-27(4,23(3)22(21)2)29(25-16-10-6-11-17-25,26-18-12-7-13-19-26)28-24-14-8-5-9-15-24/h5-20,28H,1-4H3. The highest BCUT2D eigenvalue weighted by atomic mass is 28.3. The van der Waals surface area contributed by atoms with Crippen molar-refractivity contribution in [1.29, 1.82) is 0 Å². The molecule has 0 heterocycles. The number of hydrogen-bond acceptors (Lipinski definition) is 1. The summed E-state index contributed by atoms with van der Waals surface area (Å²) in [7, 11) is -2.51. The van der Waals surface area contributed by atoms with E-state index in [0.29, 0.717) is 0 Å². The third-order valence-corrected chi connectivity index (χ3v) is 11.9. The maximum Gasteiger partial charge on any atom is 0.232 e. The number of benzene rings is 3. The summed E-state index contributed by atoms with van der Waals surface area (Å²) < 4.78 is 0. The van der Waals surface area contributed by atoms with Gasteiger partial charge < -0.3 is 4.98 Å². The van der Waals surface area contributed by atoms with Crippen molar-refractivity contribution >= 4 is 24.3 Å². The zero-order valence-corrected chi connectivity index (χ0v) is 18.7. The van der Waals surface area contributed by atoms with Gasteiger partial charge in [-0.3, -0.25) is 0 Å². The fraction of sp³-hybridized carbons (Fsp3) is 0.185. The molecule has 1 nitrogen and oxygen atoms in total. The summed E-state index contributed by atoms with van der Waals surface area (Å²) in [5.74, 6) is 0. The van der Waals surface area contributed by atoms with Gasteiger partial charge in [0.15, 0.2) is 0 Å². The molecular formula is C27H29NSi. The molecule has 0 aromatic heterocycles. The quantitative estimate of drug-likeness (QED) is 0.529. The Hall–Kier alpha value is -2.84. The number of para-hydroxylation sites is 1. The first-order chi connectivity index (χ1) is 14.0. The maximum absolute atomic E-state index is 4.14. The first-order valence-corrected chi connectivity index (χ1v) is 12.3. The van der Waals surface area contributed by atoms with E-state index >= 15 is 0 Å². The number of hydrogen-bond donors (Lipinski definition) is 1. The van der Waals surface area contributed by atoms with Gasteiger partial charge in [0.25, 0.3) is 0 Å². The lowest BCUT2D eigenvalue weighted by molar-refractivity contribution is 0.864. The van der Waals surface area contributed by atoms with Gasteiger partial charge in [-0.15, -0.1) is 0 Å². The van der Waals surface area contributed by atoms with Crippen molar-refractivity contribution < 1.29 is 0 Å². The van der Waals surface area contributed by atoms with Crippen LogP contribution in [0.3, 0.4) is 0 Å². The summed E-state index contributed by atoms with van der Waals surface area (Å²) in [6.07, 6.45) is 2.51. The second kappa shape index (κ2) is 7.53. The summed E-state index contributed by atoms with van der Waals surface area (Å²) in [6.45, 7) is 9.28. The first-order valence-electron chi connectivity index (χ1n) is 10.3. The highest BCUT2D eigenvalue weighted by Gasteiger charge is 2.55. The molecule has 0 amide bonds. The summed E-state index contributed by atoms with van der Waals surface area (Å²) >= 11 is 0. The van der Waals surface area contributed by atoms with Crippen molar-refractivity contribution in [3.8, 4) is 0 Å². The van der Waals surface area contributed by atoms with Crippen LogP contribution in [-0.2, 0) is 0 Å². The van der Waals surface area contributed by atoms with Crippen LogP contribution in [0.1, 0.15) is 27.7 Å². The maximum atomic E-state index is 4.14. The third kappa shape index (κ3) is 3.08. The van der Waals surface area contributed by atoms with E-state index in [-0.39, 0.29) is 5.04 Å². The molecule has 1 unspecified atom stereocenters. The molecule has 0 fully saturated rings. The third-order valence-electron chi connectivity index (χ3n) is 6.74. The van der Waals surface area contributed by atoms with Crippen molar-refractivity contribution in [3.63, 3.8) is 0 Å². The minimum atomic E-state index is -2.51. The summed E-state index contributed by atoms with van der Waals surface area (Å²) in [5, 5.41) is 2.71. The second-order valence-electron chi connectivity index (χ2n) is 8.25. The minimum absolute atomic E-state index is 0.0836. The average Bonchev–Trinajstić information content (AvgIpc) is 2.97. The Morgan fingerprint density at radius 3 is 1.52 bits per heavy atom. The SMILES string of the molecule is CC1=CC(C)([Si](Nc2ccccc2)(c2ccccc2)c2ccccc2)C(C)=C1C. The van der Waals surface area contributed by atoms with Gasteiger partial charge in [0.1, 0.15) is 0 Å². The van der Waals surface area contributed by atoms with Crippen LogP contribution in [0, 0.1) is 0 Å². The number of nitrogens with one attached hydrogen (secondary N) is 1. The number of rotatable bonds is 5. The molecule has 1 aliphatic carbocycles. The molecule has 1 atom stereocenters. The van der Waals surface area contributed by atoms with Crippen LogP contribution >= 0.6 is 0 Å². The fourth-order valence-electron chi connectivity index (χ4n) is 4.88. The Morgan fingerprint density at radius 1 is 0.655 bits per heavy atom. The highest BCUT2D eigenvalue weighted by molar-refractivity contribution is 7.07. The van der Waals surface area contributed by atoms with E-state index in [4.69, 9.17) is 0 Å². The Labute approximate surface area is 175 Å². The highest BCUT2D eigenvalue weighted by Crippen LogP contribution is 2.52. The van der Waals surface area contributed by atoms with Crippen molar-refractivity contribution in [2.45, 2.75) is 32.7 Å². The Kier molecular flexibility index (Phi) is 5.06. The molecular weight excluding hydrogens is 366 g/mol. The Balaban J connectivity index is 2.08. The van der Waals surface area contributed by atoms with E-state index in [2.05, 4.69) is 130 Å². The zero-order chi connectivity index (χ0) is 20.5. The molecule has 0 saturated carbocycles. The summed E-state index contributed by atoms with van der Waals surface area (Å²) in [5.41, 5.74) is 5.46. The molecule has 0 saturated heterocycles. The van der Waals surface area contributed by atoms with Gasteiger partial charge in [0, 0.05) is 10.7 Å². The van der Waals surface area contributed by atoms with Gasteiger partial charge in [-0.05, 0) is 48.9 Å². The number of anilines is 1. The van der Waals surface area contributed by atoms with E-state index in [0.717, 1.165) is 0 Å². The molecule has 0 spiro atoms. The van der Waals surface area contributed by atoms with Crippen LogP contribution in [0.25, 0.3) is 0 Å². The zero-order valence-electron chi connectivity index (χ0n) is 17.7. The molecule has 1 N–H and O–H groups in total. The molecule has 3 aromatic carbocycles. The molecule has 0 bridgehead atoms. The summed E-state index contributed by atoms with van der Waals surface area (Å²) in [4.78, 5) is 4.14. The molecule has 0 aliphatic heterocycles. The van der Waals surface area contributed by atoms with Crippen molar-refractivity contribution in [2.75, 3.05) is 4.98 Å². The van der Waals surface area contributed by atoms with Gasteiger partial charge in [-0.2, -0.15) is 0 Å². The Morgan fingerprint density at radius 2 is 1.10 bits per heavy atom. The van der Waals surface area contributed by atoms with Gasteiger partial charge in [-0.25, -0.2) is 0 Å². The molecule has 2 heteroatoms. The van der Waals surface area contributed by atoms with Crippen LogP contribution in [0.15, 0.2) is 114 Å². The van der Waals surface area contributed by atoms with Crippen LogP contribution in [0.4, 0.5) is 5.69 Å². The molecule has 29 heavy (non-hydrogen) atoms. The number of allylic oxidation sites excluding steroid dienone is 4. The monoisotopic (exact) mass is 395 g/mol. The molecule has 3 aromatic rings. The Bertz CT molecular complexity index is 1010. The molecule has 0 radical (unpaired) electrons. The lowest BCUT2D eigenvalue weighted by Crippen LogP contribution is -2.71. The van der Waals surface area contributed by atoms with E-state index in [9.17, 15) is 0 Å². The first kappa shape index (κ1) is 19.5. The normalized spacial score (nSPS) is 19.2. The van der Waals surface area contributed by atoms with E-state index in [1.165, 1.54) is 32.8 Å². The van der Waals surface area contributed by atoms with Gasteiger partial charge in [0.2, 0.25) is 8.24 Å². The largest absolute Gasteiger partial charge is 0.403 e. The molecule has 146 valence electrons. The predicted octanol–water partition coefficient (Wildman–Crippen LogP) is 5.92. The fourth-order valence-corrected chi connectivity index (χ4v) is 10.1. The molecule has 4 rings (SSSR count). The second-order valence-corrected chi connectivity index (χ2v) is 12.2.